The topological polar surface area (TPSA) is 68.8 Å². The Balaban J connectivity index is 1.91. The normalized spacial score (nSPS) is 11.2. The molecule has 7 heteroatoms. The summed E-state index contributed by atoms with van der Waals surface area (Å²) in [5, 5.41) is 11.9. The minimum atomic E-state index is 0.546. The van der Waals surface area contributed by atoms with Gasteiger partial charge in [-0.05, 0) is 43.7 Å². The van der Waals surface area contributed by atoms with Crippen LogP contribution in [0.25, 0.3) is 22.2 Å². The Morgan fingerprint density at radius 2 is 2.00 bits per heavy atom. The van der Waals surface area contributed by atoms with Gasteiger partial charge in [-0.1, -0.05) is 0 Å². The molecule has 4 heterocycles. The molecule has 0 bridgehead atoms. The average Bonchev–Trinajstić information content (AvgIpc) is 3.21. The first-order valence-electron chi connectivity index (χ1n) is 8.00. The molecule has 4 rings (SSSR count). The number of pyridine rings is 1. The Morgan fingerprint density at radius 1 is 1.12 bits per heavy atom. The van der Waals surface area contributed by atoms with Crippen LogP contribution >= 0.6 is 0 Å². The molecule has 4 aromatic rings. The fraction of sp³-hybridized carbons (Fsp3) is 0.235. The minimum Gasteiger partial charge on any atom is -0.476 e. The van der Waals surface area contributed by atoms with Gasteiger partial charge in [-0.2, -0.15) is 10.1 Å². The van der Waals surface area contributed by atoms with E-state index in [0.29, 0.717) is 18.4 Å². The molecule has 0 fully saturated rings. The van der Waals surface area contributed by atoms with Crippen LogP contribution in [-0.2, 0) is 0 Å². The molecule has 0 aliphatic rings. The first-order valence-corrected chi connectivity index (χ1v) is 8.00. The third-order valence-electron chi connectivity index (χ3n) is 3.81. The van der Waals surface area contributed by atoms with Gasteiger partial charge in [0.25, 0.3) is 0 Å². The number of nitrogens with one attached hydrogen (secondary N) is 1. The third kappa shape index (κ3) is 2.34. The van der Waals surface area contributed by atoms with Gasteiger partial charge in [0, 0.05) is 30.7 Å². The van der Waals surface area contributed by atoms with E-state index in [1.54, 1.807) is 6.20 Å². The summed E-state index contributed by atoms with van der Waals surface area (Å²) in [6.07, 6.45) is 5.66. The van der Waals surface area contributed by atoms with Crippen LogP contribution in [0.5, 0.6) is 5.88 Å². The molecule has 0 spiro atoms. The van der Waals surface area contributed by atoms with Crippen molar-refractivity contribution >= 4 is 17.0 Å². The lowest BCUT2D eigenvalue weighted by molar-refractivity contribution is 0.329. The highest BCUT2D eigenvalue weighted by atomic mass is 16.5. The Hall–Kier alpha value is -3.09. The quantitative estimate of drug-likeness (QED) is 0.612. The van der Waals surface area contributed by atoms with Crippen molar-refractivity contribution in [3.8, 4) is 17.0 Å². The lowest BCUT2D eigenvalue weighted by atomic mass is 10.1. The summed E-state index contributed by atoms with van der Waals surface area (Å²) in [6.45, 7) is 5.26. The molecule has 7 nitrogen and oxygen atoms in total. The Labute approximate surface area is 138 Å². The zero-order valence-electron chi connectivity index (χ0n) is 13.6. The average molecular weight is 322 g/mol. The summed E-state index contributed by atoms with van der Waals surface area (Å²) < 4.78 is 9.42. The number of nitrogens with zero attached hydrogens (tertiary/aromatic N) is 5. The van der Waals surface area contributed by atoms with Crippen LogP contribution in [0.2, 0.25) is 0 Å². The first kappa shape index (κ1) is 14.5. The molecule has 0 atom stereocenters. The van der Waals surface area contributed by atoms with E-state index in [-0.39, 0.29) is 0 Å². The van der Waals surface area contributed by atoms with E-state index in [1.165, 1.54) is 0 Å². The Kier molecular flexibility index (Phi) is 3.53. The van der Waals surface area contributed by atoms with Crippen LogP contribution in [0.1, 0.15) is 13.8 Å². The van der Waals surface area contributed by atoms with Crippen molar-refractivity contribution in [3.63, 3.8) is 0 Å². The lowest BCUT2D eigenvalue weighted by Gasteiger charge is -2.10. The maximum atomic E-state index is 5.77. The smallest absolute Gasteiger partial charge is 0.244 e. The maximum absolute atomic E-state index is 5.77. The second kappa shape index (κ2) is 5.84. The first-order chi connectivity index (χ1) is 11.8. The van der Waals surface area contributed by atoms with Gasteiger partial charge < -0.3 is 10.1 Å². The molecule has 1 N–H and O–H groups in total. The zero-order chi connectivity index (χ0) is 16.5. The number of fused-ring (bicyclic) bond motifs is 2. The van der Waals surface area contributed by atoms with Crippen LogP contribution in [0.15, 0.2) is 42.9 Å². The van der Waals surface area contributed by atoms with Crippen LogP contribution < -0.4 is 10.1 Å². The SMILES string of the molecule is CCNc1nc(OCC)c2c(-c3ccn4nccc4c3)ccn2n1. The number of aromatic nitrogens is 5. The summed E-state index contributed by atoms with van der Waals surface area (Å²) in [5.74, 6) is 1.14. The van der Waals surface area contributed by atoms with E-state index in [4.69, 9.17) is 4.74 Å². The molecule has 0 unspecified atom stereocenters. The highest BCUT2D eigenvalue weighted by molar-refractivity contribution is 5.85. The minimum absolute atomic E-state index is 0.546. The van der Waals surface area contributed by atoms with Gasteiger partial charge in [0.05, 0.1) is 12.1 Å². The van der Waals surface area contributed by atoms with Crippen molar-refractivity contribution in [2.75, 3.05) is 18.5 Å². The number of hydrogen-bond donors (Lipinski definition) is 1. The number of hydrogen-bond acceptors (Lipinski definition) is 5. The van der Waals surface area contributed by atoms with E-state index in [2.05, 4.69) is 26.6 Å². The largest absolute Gasteiger partial charge is 0.476 e. The number of anilines is 1. The van der Waals surface area contributed by atoms with E-state index in [1.807, 2.05) is 53.5 Å². The Morgan fingerprint density at radius 3 is 2.83 bits per heavy atom. The monoisotopic (exact) mass is 322 g/mol. The second-order valence-corrected chi connectivity index (χ2v) is 5.34. The molecule has 0 aliphatic heterocycles. The van der Waals surface area contributed by atoms with Crippen molar-refractivity contribution in [2.24, 2.45) is 0 Å². The third-order valence-corrected chi connectivity index (χ3v) is 3.81. The van der Waals surface area contributed by atoms with E-state index < -0.39 is 0 Å². The summed E-state index contributed by atoms with van der Waals surface area (Å²) in [4.78, 5) is 4.51. The van der Waals surface area contributed by atoms with Gasteiger partial charge >= 0.3 is 0 Å². The van der Waals surface area contributed by atoms with Crippen molar-refractivity contribution < 1.29 is 4.74 Å². The zero-order valence-corrected chi connectivity index (χ0v) is 13.6. The lowest BCUT2D eigenvalue weighted by Crippen LogP contribution is -2.08. The fourth-order valence-corrected chi connectivity index (χ4v) is 2.78. The summed E-state index contributed by atoms with van der Waals surface area (Å²) in [7, 11) is 0. The van der Waals surface area contributed by atoms with Gasteiger partial charge in [0.2, 0.25) is 11.8 Å². The second-order valence-electron chi connectivity index (χ2n) is 5.34. The van der Waals surface area contributed by atoms with E-state index >= 15 is 0 Å². The van der Waals surface area contributed by atoms with Crippen molar-refractivity contribution in [1.82, 2.24) is 24.2 Å². The molecule has 4 aromatic heterocycles. The van der Waals surface area contributed by atoms with Gasteiger partial charge in [-0.25, -0.2) is 9.03 Å². The molecule has 0 radical (unpaired) electrons. The molecule has 0 saturated carbocycles. The Bertz CT molecular complexity index is 1000. The predicted molar refractivity (Wildman–Crippen MR) is 92.5 cm³/mol. The van der Waals surface area contributed by atoms with Gasteiger partial charge in [0.15, 0.2) is 0 Å². The summed E-state index contributed by atoms with van der Waals surface area (Å²) in [6, 6.07) is 8.13. The molecular formula is C17H18N6O. The molecular weight excluding hydrogens is 304 g/mol. The maximum Gasteiger partial charge on any atom is 0.244 e. The van der Waals surface area contributed by atoms with Gasteiger partial charge in [-0.3, -0.25) is 0 Å². The number of ether oxygens (including phenoxy) is 1. The van der Waals surface area contributed by atoms with E-state index in [9.17, 15) is 0 Å². The summed E-state index contributed by atoms with van der Waals surface area (Å²) >= 11 is 0. The molecule has 24 heavy (non-hydrogen) atoms. The van der Waals surface area contributed by atoms with E-state index in [0.717, 1.165) is 28.7 Å². The molecule has 0 saturated heterocycles. The molecule has 0 amide bonds. The van der Waals surface area contributed by atoms with Crippen LogP contribution in [0.4, 0.5) is 5.95 Å². The highest BCUT2D eigenvalue weighted by Gasteiger charge is 2.15. The highest BCUT2D eigenvalue weighted by Crippen LogP contribution is 2.32. The van der Waals surface area contributed by atoms with Crippen LogP contribution in [-0.4, -0.2) is 37.4 Å². The molecule has 0 aromatic carbocycles. The molecule has 0 aliphatic carbocycles. The summed E-state index contributed by atoms with van der Waals surface area (Å²) in [5.41, 5.74) is 4.01. The standard InChI is InChI=1S/C17H18N6O/c1-3-18-17-20-16(24-4-2)15-14(7-10-23(15)21-17)12-6-9-22-13(11-12)5-8-19-22/h5-11H,3-4H2,1-2H3,(H,18,21). The van der Waals surface area contributed by atoms with Gasteiger partial charge in [-0.15, -0.1) is 5.10 Å². The van der Waals surface area contributed by atoms with Crippen molar-refractivity contribution in [3.05, 3.63) is 42.9 Å². The molecule has 122 valence electrons. The van der Waals surface area contributed by atoms with Gasteiger partial charge in [0.1, 0.15) is 5.52 Å². The van der Waals surface area contributed by atoms with Crippen LogP contribution in [0, 0.1) is 0 Å². The predicted octanol–water partition coefficient (Wildman–Crippen LogP) is 2.87. The fourth-order valence-electron chi connectivity index (χ4n) is 2.78. The van der Waals surface area contributed by atoms with Crippen molar-refractivity contribution in [2.45, 2.75) is 13.8 Å². The van der Waals surface area contributed by atoms with Crippen molar-refractivity contribution in [1.29, 1.82) is 0 Å². The van der Waals surface area contributed by atoms with Crippen LogP contribution in [0.3, 0.4) is 0 Å². The number of rotatable bonds is 5.